The Morgan fingerprint density at radius 3 is 2.59 bits per heavy atom. The topological polar surface area (TPSA) is 57.5 Å². The lowest BCUT2D eigenvalue weighted by molar-refractivity contribution is -0.140. The zero-order valence-electron chi connectivity index (χ0n) is 12.4. The third-order valence-electron chi connectivity index (χ3n) is 6.64. The van der Waals surface area contributed by atoms with Crippen molar-refractivity contribution in [2.24, 2.45) is 23.7 Å². The van der Waals surface area contributed by atoms with E-state index in [1.54, 1.807) is 0 Å². The number of benzene rings is 1. The van der Waals surface area contributed by atoms with Gasteiger partial charge < -0.3 is 10.2 Å². The molecule has 3 fully saturated rings. The third-order valence-corrected chi connectivity index (χ3v) is 6.89. The Kier molecular flexibility index (Phi) is 3.28. The molecule has 6 atom stereocenters. The van der Waals surface area contributed by atoms with Gasteiger partial charge in [0.05, 0.1) is 12.5 Å². The molecular weight excluding hydrogens is 300 g/mol. The fourth-order valence-corrected chi connectivity index (χ4v) is 5.95. The molecule has 3 aliphatic rings. The second-order valence-corrected chi connectivity index (χ2v) is 7.86. The van der Waals surface area contributed by atoms with Gasteiger partial charge in [0.15, 0.2) is 0 Å². The van der Waals surface area contributed by atoms with E-state index < -0.39 is 5.97 Å². The number of fused-ring (bicyclic) bond motifs is 1. The van der Waals surface area contributed by atoms with Crippen molar-refractivity contribution in [1.29, 1.82) is 0 Å². The van der Waals surface area contributed by atoms with Gasteiger partial charge in [0, 0.05) is 10.4 Å². The van der Waals surface area contributed by atoms with Crippen LogP contribution in [-0.2, 0) is 10.2 Å². The van der Waals surface area contributed by atoms with E-state index in [4.69, 9.17) is 11.6 Å². The zero-order valence-corrected chi connectivity index (χ0v) is 13.2. The van der Waals surface area contributed by atoms with E-state index in [0.29, 0.717) is 28.7 Å². The van der Waals surface area contributed by atoms with E-state index >= 15 is 0 Å². The lowest BCUT2D eigenvalue weighted by Crippen LogP contribution is -2.49. The molecule has 2 N–H and O–H groups in total. The number of aliphatic hydroxyl groups excluding tert-OH is 1. The summed E-state index contributed by atoms with van der Waals surface area (Å²) in [7, 11) is 0. The summed E-state index contributed by atoms with van der Waals surface area (Å²) in [6.45, 7) is 0. The number of carboxylic acids is 1. The molecule has 0 heterocycles. The number of aliphatic hydroxyl groups is 1. The molecule has 5 unspecified atom stereocenters. The van der Waals surface area contributed by atoms with Gasteiger partial charge in [-0.15, -0.1) is 0 Å². The quantitative estimate of drug-likeness (QED) is 0.896. The van der Waals surface area contributed by atoms with Gasteiger partial charge >= 0.3 is 5.97 Å². The molecule has 0 amide bonds. The summed E-state index contributed by atoms with van der Waals surface area (Å²) in [4.78, 5) is 11.6. The minimum absolute atomic E-state index is 0.158. The van der Waals surface area contributed by atoms with Gasteiger partial charge in [0.2, 0.25) is 0 Å². The molecule has 0 aliphatic heterocycles. The van der Waals surface area contributed by atoms with E-state index in [0.717, 1.165) is 31.2 Å². The van der Waals surface area contributed by atoms with Gasteiger partial charge in [0.1, 0.15) is 0 Å². The fourth-order valence-electron chi connectivity index (χ4n) is 5.83. The lowest BCUT2D eigenvalue weighted by atomic mass is 9.53. The highest BCUT2D eigenvalue weighted by atomic mass is 35.5. The third kappa shape index (κ3) is 1.95. The Hall–Kier alpha value is -1.06. The van der Waals surface area contributed by atoms with Gasteiger partial charge in [-0.05, 0) is 67.1 Å². The van der Waals surface area contributed by atoms with Crippen LogP contribution < -0.4 is 0 Å². The van der Waals surface area contributed by atoms with Gasteiger partial charge in [-0.1, -0.05) is 23.7 Å². The summed E-state index contributed by atoms with van der Waals surface area (Å²) in [5.74, 6) is 0.913. The molecule has 0 saturated heterocycles. The van der Waals surface area contributed by atoms with Gasteiger partial charge in [-0.2, -0.15) is 0 Å². The van der Waals surface area contributed by atoms with Crippen LogP contribution in [0.25, 0.3) is 0 Å². The maximum absolute atomic E-state index is 11.6. The first-order chi connectivity index (χ1) is 10.5. The first-order valence-electron chi connectivity index (χ1n) is 8.17. The van der Waals surface area contributed by atoms with E-state index in [2.05, 4.69) is 0 Å². The van der Waals surface area contributed by atoms with Crippen molar-refractivity contribution in [3.63, 3.8) is 0 Å². The Morgan fingerprint density at radius 1 is 1.23 bits per heavy atom. The number of carbonyl (C=O) groups is 1. The van der Waals surface area contributed by atoms with Crippen LogP contribution >= 0.6 is 11.6 Å². The van der Waals surface area contributed by atoms with Crippen LogP contribution in [0.1, 0.15) is 37.7 Å². The molecule has 2 bridgehead atoms. The molecule has 0 aromatic heterocycles. The Morgan fingerprint density at radius 2 is 1.95 bits per heavy atom. The molecule has 3 aliphatic carbocycles. The van der Waals surface area contributed by atoms with E-state index in [-0.39, 0.29) is 17.9 Å². The van der Waals surface area contributed by atoms with Crippen LogP contribution in [0.5, 0.6) is 0 Å². The van der Waals surface area contributed by atoms with Crippen molar-refractivity contribution >= 4 is 17.6 Å². The maximum atomic E-state index is 11.6. The van der Waals surface area contributed by atoms with E-state index in [9.17, 15) is 15.0 Å². The molecule has 0 spiro atoms. The van der Waals surface area contributed by atoms with Crippen molar-refractivity contribution < 1.29 is 15.0 Å². The van der Waals surface area contributed by atoms with E-state index in [1.807, 2.05) is 24.3 Å². The highest BCUT2D eigenvalue weighted by Crippen LogP contribution is 2.64. The number of rotatable bonds is 3. The molecular formula is C18H21ClO3. The van der Waals surface area contributed by atoms with Crippen LogP contribution in [-0.4, -0.2) is 22.3 Å². The smallest absolute Gasteiger partial charge is 0.304 e. The molecule has 4 rings (SSSR count). The number of aliphatic carboxylic acids is 1. The first kappa shape index (κ1) is 14.5. The van der Waals surface area contributed by atoms with Gasteiger partial charge in [-0.3, -0.25) is 4.79 Å². The number of hydrogen-bond donors (Lipinski definition) is 2. The molecule has 1 aromatic rings. The largest absolute Gasteiger partial charge is 0.481 e. The molecule has 3 saturated carbocycles. The zero-order chi connectivity index (χ0) is 15.5. The van der Waals surface area contributed by atoms with Crippen molar-refractivity contribution in [3.8, 4) is 0 Å². The summed E-state index contributed by atoms with van der Waals surface area (Å²) in [6, 6.07) is 7.76. The van der Waals surface area contributed by atoms with Crippen molar-refractivity contribution in [1.82, 2.24) is 0 Å². The van der Waals surface area contributed by atoms with Crippen LogP contribution in [0.15, 0.2) is 24.3 Å². The van der Waals surface area contributed by atoms with Gasteiger partial charge in [-0.25, -0.2) is 0 Å². The molecule has 3 nitrogen and oxygen atoms in total. The van der Waals surface area contributed by atoms with Crippen LogP contribution in [0, 0.1) is 23.7 Å². The summed E-state index contributed by atoms with van der Waals surface area (Å²) in [5.41, 5.74) is 0.830. The van der Waals surface area contributed by atoms with Crippen molar-refractivity contribution in [3.05, 3.63) is 34.9 Å². The minimum atomic E-state index is -0.725. The Labute approximate surface area is 135 Å². The van der Waals surface area contributed by atoms with E-state index in [1.165, 1.54) is 0 Å². The standard InChI is InChI=1S/C18H21ClO3/c19-12-3-1-11(2-4-12)18(9-16(20)21)6-5-13-14-7-10(17(13)22)8-15(14)18/h1-4,10,13-15,17,22H,5-9H2,(H,20,21)/t10?,13?,14?,15?,17-,18?/m0/s1. The number of hydrogen-bond acceptors (Lipinski definition) is 2. The predicted octanol–water partition coefficient (Wildman–Crippen LogP) is 3.48. The summed E-state index contributed by atoms with van der Waals surface area (Å²) < 4.78 is 0. The lowest BCUT2D eigenvalue weighted by Gasteiger charge is -2.51. The average molecular weight is 321 g/mol. The predicted molar refractivity (Wildman–Crippen MR) is 83.8 cm³/mol. The second-order valence-electron chi connectivity index (χ2n) is 7.43. The van der Waals surface area contributed by atoms with Crippen LogP contribution in [0.3, 0.4) is 0 Å². The van der Waals surface area contributed by atoms with Crippen LogP contribution in [0.2, 0.25) is 5.02 Å². The fraction of sp³-hybridized carbons (Fsp3) is 0.611. The number of carboxylic acid groups (broad SMARTS) is 1. The average Bonchev–Trinajstić information content (AvgIpc) is 3.04. The summed E-state index contributed by atoms with van der Waals surface area (Å²) in [6.07, 6.45) is 3.87. The Balaban J connectivity index is 1.76. The molecule has 118 valence electrons. The molecule has 4 heteroatoms. The highest BCUT2D eigenvalue weighted by molar-refractivity contribution is 6.30. The molecule has 22 heavy (non-hydrogen) atoms. The second kappa shape index (κ2) is 4.97. The normalized spacial score (nSPS) is 42.5. The van der Waals surface area contributed by atoms with Crippen molar-refractivity contribution in [2.75, 3.05) is 0 Å². The Bertz CT molecular complexity index is 599. The van der Waals surface area contributed by atoms with Crippen LogP contribution in [0.4, 0.5) is 0 Å². The first-order valence-corrected chi connectivity index (χ1v) is 8.55. The maximum Gasteiger partial charge on any atom is 0.304 e. The summed E-state index contributed by atoms with van der Waals surface area (Å²) >= 11 is 6.01. The molecule has 0 radical (unpaired) electrons. The summed E-state index contributed by atoms with van der Waals surface area (Å²) in [5, 5.41) is 20.6. The van der Waals surface area contributed by atoms with Gasteiger partial charge in [0.25, 0.3) is 0 Å². The SMILES string of the molecule is O=C(O)CC1(c2ccc(Cl)cc2)CCC2C3CC(CC31)[C@@H]2O. The number of halogens is 1. The molecule has 1 aromatic carbocycles. The minimum Gasteiger partial charge on any atom is -0.481 e. The monoisotopic (exact) mass is 320 g/mol. The van der Waals surface area contributed by atoms with Crippen molar-refractivity contribution in [2.45, 2.75) is 43.6 Å². The highest BCUT2D eigenvalue weighted by Gasteiger charge is 2.61.